The Morgan fingerprint density at radius 3 is 3.00 bits per heavy atom. The highest BCUT2D eigenvalue weighted by Gasteiger charge is 2.04. The molecule has 1 rings (SSSR count). The first-order valence-corrected chi connectivity index (χ1v) is 5.06. The van der Waals surface area contributed by atoms with Gasteiger partial charge < -0.3 is 0 Å². The van der Waals surface area contributed by atoms with E-state index in [1.165, 1.54) is 0 Å². The van der Waals surface area contributed by atoms with Gasteiger partial charge in [-0.25, -0.2) is 0 Å². The fraction of sp³-hybridized carbons (Fsp3) is 0.273. The summed E-state index contributed by atoms with van der Waals surface area (Å²) in [5, 5.41) is 0. The molecule has 72 valence electrons. The summed E-state index contributed by atoms with van der Waals surface area (Å²) < 4.78 is 0.824. The van der Waals surface area contributed by atoms with Crippen molar-refractivity contribution in [3.05, 3.63) is 28.5 Å². The Morgan fingerprint density at radius 2 is 2.36 bits per heavy atom. The van der Waals surface area contributed by atoms with Crippen molar-refractivity contribution >= 4 is 21.7 Å². The Morgan fingerprint density at radius 1 is 1.57 bits per heavy atom. The summed E-state index contributed by atoms with van der Waals surface area (Å²) in [6.07, 6.45) is 4.30. The lowest BCUT2D eigenvalue weighted by Gasteiger charge is -1.97. The van der Waals surface area contributed by atoms with E-state index in [1.807, 2.05) is 0 Å². The van der Waals surface area contributed by atoms with Crippen LogP contribution in [0.3, 0.4) is 0 Å². The Bertz CT molecular complexity index is 390. The van der Waals surface area contributed by atoms with Crippen molar-refractivity contribution in [2.45, 2.75) is 19.8 Å². The van der Waals surface area contributed by atoms with Gasteiger partial charge in [-0.1, -0.05) is 0 Å². The van der Waals surface area contributed by atoms with Crippen molar-refractivity contribution in [2.24, 2.45) is 0 Å². The van der Waals surface area contributed by atoms with E-state index in [0.29, 0.717) is 18.4 Å². The van der Waals surface area contributed by atoms with Crippen LogP contribution in [0.1, 0.15) is 30.1 Å². The number of hydrogen-bond donors (Lipinski definition) is 0. The minimum atomic E-state index is 0.0848. The first-order chi connectivity index (χ1) is 6.74. The minimum Gasteiger partial charge on any atom is -0.294 e. The van der Waals surface area contributed by atoms with Gasteiger partial charge in [0.25, 0.3) is 0 Å². The molecule has 0 fully saturated rings. The summed E-state index contributed by atoms with van der Waals surface area (Å²) in [7, 11) is 0. The third-order valence-electron chi connectivity index (χ3n) is 1.68. The summed E-state index contributed by atoms with van der Waals surface area (Å²) in [5.74, 6) is 5.70. The molecule has 0 spiro atoms. The van der Waals surface area contributed by atoms with Crippen LogP contribution >= 0.6 is 15.9 Å². The SMILES string of the molecule is CC#CCCC(=O)c1cncc(Br)c1. The molecule has 14 heavy (non-hydrogen) atoms. The predicted molar refractivity (Wildman–Crippen MR) is 59.0 cm³/mol. The lowest BCUT2D eigenvalue weighted by molar-refractivity contribution is 0.0984. The first kappa shape index (κ1) is 10.9. The maximum Gasteiger partial charge on any atom is 0.165 e. The fourth-order valence-corrected chi connectivity index (χ4v) is 1.37. The van der Waals surface area contributed by atoms with Crippen molar-refractivity contribution in [1.29, 1.82) is 0 Å². The van der Waals surface area contributed by atoms with Crippen molar-refractivity contribution in [2.75, 3.05) is 0 Å². The van der Waals surface area contributed by atoms with E-state index in [1.54, 1.807) is 25.4 Å². The zero-order valence-electron chi connectivity index (χ0n) is 7.88. The number of hydrogen-bond acceptors (Lipinski definition) is 2. The largest absolute Gasteiger partial charge is 0.294 e. The molecule has 3 heteroatoms. The number of carbonyl (C=O) groups excluding carboxylic acids is 1. The number of Topliss-reactive ketones (excluding diaryl/α,β-unsaturated/α-hetero) is 1. The van der Waals surface area contributed by atoms with Crippen LogP contribution in [-0.4, -0.2) is 10.8 Å². The van der Waals surface area contributed by atoms with Gasteiger partial charge in [-0.3, -0.25) is 9.78 Å². The predicted octanol–water partition coefficient (Wildman–Crippen LogP) is 2.83. The van der Waals surface area contributed by atoms with Crippen LogP contribution in [0.4, 0.5) is 0 Å². The van der Waals surface area contributed by atoms with Crippen molar-refractivity contribution in [3.8, 4) is 11.8 Å². The Labute approximate surface area is 91.9 Å². The molecule has 0 atom stereocenters. The number of rotatable bonds is 3. The van der Waals surface area contributed by atoms with Gasteiger partial charge in [0.1, 0.15) is 0 Å². The van der Waals surface area contributed by atoms with Crippen LogP contribution in [0, 0.1) is 11.8 Å². The third-order valence-corrected chi connectivity index (χ3v) is 2.11. The lowest BCUT2D eigenvalue weighted by Crippen LogP contribution is -1.98. The smallest absolute Gasteiger partial charge is 0.165 e. The molecule has 1 heterocycles. The molecule has 0 unspecified atom stereocenters. The molecule has 0 N–H and O–H groups in total. The Kier molecular flexibility index (Phi) is 4.34. The summed E-state index contributed by atoms with van der Waals surface area (Å²) >= 11 is 3.27. The average Bonchev–Trinajstić information content (AvgIpc) is 2.18. The van der Waals surface area contributed by atoms with E-state index in [4.69, 9.17) is 0 Å². The highest BCUT2D eigenvalue weighted by atomic mass is 79.9. The molecule has 0 aliphatic heterocycles. The zero-order chi connectivity index (χ0) is 10.4. The van der Waals surface area contributed by atoms with Crippen LogP contribution in [0.2, 0.25) is 0 Å². The standard InChI is InChI=1S/C11H10BrNO/c1-2-3-4-5-11(14)9-6-10(12)8-13-7-9/h6-8H,4-5H2,1H3. The van der Waals surface area contributed by atoms with E-state index < -0.39 is 0 Å². The highest BCUT2D eigenvalue weighted by molar-refractivity contribution is 9.10. The number of ketones is 1. The number of pyridine rings is 1. The number of halogens is 1. The van der Waals surface area contributed by atoms with Gasteiger partial charge in [-0.15, -0.1) is 11.8 Å². The minimum absolute atomic E-state index is 0.0848. The van der Waals surface area contributed by atoms with Gasteiger partial charge in [-0.2, -0.15) is 0 Å². The molecule has 0 aliphatic carbocycles. The monoisotopic (exact) mass is 251 g/mol. The van der Waals surface area contributed by atoms with Crippen molar-refractivity contribution in [1.82, 2.24) is 4.98 Å². The summed E-state index contributed by atoms with van der Waals surface area (Å²) in [6.45, 7) is 1.77. The molecule has 0 aliphatic rings. The van der Waals surface area contributed by atoms with Crippen LogP contribution in [0.15, 0.2) is 22.9 Å². The highest BCUT2D eigenvalue weighted by Crippen LogP contribution is 2.11. The van der Waals surface area contributed by atoms with Crippen LogP contribution < -0.4 is 0 Å². The lowest BCUT2D eigenvalue weighted by atomic mass is 10.1. The molecule has 0 saturated heterocycles. The topological polar surface area (TPSA) is 30.0 Å². The van der Waals surface area contributed by atoms with Crippen LogP contribution in [0.5, 0.6) is 0 Å². The second-order valence-electron chi connectivity index (χ2n) is 2.74. The molecule has 0 radical (unpaired) electrons. The van der Waals surface area contributed by atoms with E-state index in [9.17, 15) is 4.79 Å². The van der Waals surface area contributed by atoms with E-state index >= 15 is 0 Å². The number of nitrogens with zero attached hydrogens (tertiary/aromatic N) is 1. The molecule has 0 aromatic carbocycles. The van der Waals surface area contributed by atoms with Crippen molar-refractivity contribution < 1.29 is 4.79 Å². The average molecular weight is 252 g/mol. The maximum absolute atomic E-state index is 11.5. The van der Waals surface area contributed by atoms with E-state index in [0.717, 1.165) is 4.47 Å². The van der Waals surface area contributed by atoms with Crippen LogP contribution in [0.25, 0.3) is 0 Å². The van der Waals surface area contributed by atoms with Crippen molar-refractivity contribution in [3.63, 3.8) is 0 Å². The van der Waals surface area contributed by atoms with Gasteiger partial charge in [0, 0.05) is 35.3 Å². The Hall–Kier alpha value is -1.14. The zero-order valence-corrected chi connectivity index (χ0v) is 9.47. The normalized spacial score (nSPS) is 9.00. The molecule has 1 aromatic heterocycles. The second kappa shape index (κ2) is 5.56. The molecular weight excluding hydrogens is 242 g/mol. The number of aromatic nitrogens is 1. The summed E-state index contributed by atoms with van der Waals surface area (Å²) in [6, 6.07) is 1.77. The summed E-state index contributed by atoms with van der Waals surface area (Å²) in [4.78, 5) is 15.5. The molecule has 1 aromatic rings. The molecule has 0 saturated carbocycles. The van der Waals surface area contributed by atoms with E-state index in [-0.39, 0.29) is 5.78 Å². The molecular formula is C11H10BrNO. The van der Waals surface area contributed by atoms with Gasteiger partial charge in [-0.05, 0) is 28.9 Å². The first-order valence-electron chi connectivity index (χ1n) is 4.27. The van der Waals surface area contributed by atoms with Crippen LogP contribution in [-0.2, 0) is 0 Å². The maximum atomic E-state index is 11.5. The fourth-order valence-electron chi connectivity index (χ4n) is 1.01. The third kappa shape index (κ3) is 3.31. The van der Waals surface area contributed by atoms with Gasteiger partial charge in [0.15, 0.2) is 5.78 Å². The molecule has 2 nitrogen and oxygen atoms in total. The number of carbonyl (C=O) groups is 1. The summed E-state index contributed by atoms with van der Waals surface area (Å²) in [5.41, 5.74) is 0.636. The van der Waals surface area contributed by atoms with E-state index in [2.05, 4.69) is 32.8 Å². The van der Waals surface area contributed by atoms with Gasteiger partial charge in [0.05, 0.1) is 0 Å². The molecule has 0 bridgehead atoms. The Balaban J connectivity index is 2.63. The molecule has 0 amide bonds. The quantitative estimate of drug-likeness (QED) is 0.611. The van der Waals surface area contributed by atoms with Gasteiger partial charge >= 0.3 is 0 Å². The van der Waals surface area contributed by atoms with Gasteiger partial charge in [0.2, 0.25) is 0 Å². The second-order valence-corrected chi connectivity index (χ2v) is 3.66.